The molecule has 2 nitrogen and oxygen atoms in total. The van der Waals surface area contributed by atoms with E-state index < -0.39 is 0 Å². The monoisotopic (exact) mass is 199 g/mol. The Kier molecular flexibility index (Phi) is 5.49. The van der Waals surface area contributed by atoms with Gasteiger partial charge in [0, 0.05) is 12.6 Å². The average Bonchev–Trinajstić information content (AvgIpc) is 2.19. The van der Waals surface area contributed by atoms with Crippen molar-refractivity contribution in [1.29, 1.82) is 0 Å². The highest BCUT2D eigenvalue weighted by atomic mass is 16.5. The van der Waals surface area contributed by atoms with Crippen LogP contribution in [0.25, 0.3) is 0 Å². The summed E-state index contributed by atoms with van der Waals surface area (Å²) in [4.78, 5) is 0. The molecule has 0 radical (unpaired) electrons. The van der Waals surface area contributed by atoms with Crippen LogP contribution in [0.1, 0.15) is 52.4 Å². The highest BCUT2D eigenvalue weighted by Gasteiger charge is 2.27. The van der Waals surface area contributed by atoms with E-state index >= 15 is 0 Å². The summed E-state index contributed by atoms with van der Waals surface area (Å²) in [6.07, 6.45) is 7.72. The molecule has 1 fully saturated rings. The second kappa shape index (κ2) is 6.41. The second-order valence-electron chi connectivity index (χ2n) is 4.54. The summed E-state index contributed by atoms with van der Waals surface area (Å²) in [6, 6.07) is 0.287. The van der Waals surface area contributed by atoms with Crippen LogP contribution in [0.15, 0.2) is 0 Å². The van der Waals surface area contributed by atoms with Crippen molar-refractivity contribution in [3.05, 3.63) is 0 Å². The fourth-order valence-corrected chi connectivity index (χ4v) is 2.37. The lowest BCUT2D eigenvalue weighted by atomic mass is 9.82. The molecule has 3 atom stereocenters. The van der Waals surface area contributed by atoms with Gasteiger partial charge in [0.2, 0.25) is 0 Å². The molecular formula is C12H25NO. The first-order valence-electron chi connectivity index (χ1n) is 6.15. The van der Waals surface area contributed by atoms with Gasteiger partial charge in [0.1, 0.15) is 0 Å². The Hall–Kier alpha value is -0.0800. The molecule has 0 bridgehead atoms. The van der Waals surface area contributed by atoms with Crippen LogP contribution in [0.5, 0.6) is 0 Å². The zero-order valence-corrected chi connectivity index (χ0v) is 9.67. The normalized spacial score (nSPS) is 33.2. The quantitative estimate of drug-likeness (QED) is 0.739. The van der Waals surface area contributed by atoms with Crippen LogP contribution < -0.4 is 5.73 Å². The van der Waals surface area contributed by atoms with Gasteiger partial charge < -0.3 is 10.5 Å². The van der Waals surface area contributed by atoms with Gasteiger partial charge in [-0.3, -0.25) is 0 Å². The lowest BCUT2D eigenvalue weighted by molar-refractivity contribution is -0.00113. The molecule has 0 aliphatic heterocycles. The number of rotatable bonds is 5. The van der Waals surface area contributed by atoms with Gasteiger partial charge in [-0.15, -0.1) is 0 Å². The van der Waals surface area contributed by atoms with Crippen molar-refractivity contribution in [2.75, 3.05) is 6.61 Å². The summed E-state index contributed by atoms with van der Waals surface area (Å²) in [6.45, 7) is 5.28. The molecule has 1 aliphatic rings. The molecule has 3 unspecified atom stereocenters. The van der Waals surface area contributed by atoms with Gasteiger partial charge in [0.05, 0.1) is 6.10 Å². The van der Waals surface area contributed by atoms with Crippen molar-refractivity contribution in [1.82, 2.24) is 0 Å². The zero-order valence-electron chi connectivity index (χ0n) is 9.67. The maximum absolute atomic E-state index is 6.05. The molecule has 1 saturated carbocycles. The van der Waals surface area contributed by atoms with Gasteiger partial charge in [-0.2, -0.15) is 0 Å². The summed E-state index contributed by atoms with van der Waals surface area (Å²) >= 11 is 0. The Labute approximate surface area is 88.2 Å². The second-order valence-corrected chi connectivity index (χ2v) is 4.54. The van der Waals surface area contributed by atoms with Gasteiger partial charge >= 0.3 is 0 Å². The van der Waals surface area contributed by atoms with E-state index in [-0.39, 0.29) is 6.04 Å². The SMILES string of the molecule is CCCOC1CC(CCC)CCC1N. The minimum atomic E-state index is 0.287. The van der Waals surface area contributed by atoms with Crippen LogP contribution in [-0.4, -0.2) is 18.8 Å². The average molecular weight is 199 g/mol. The topological polar surface area (TPSA) is 35.2 Å². The molecule has 0 amide bonds. The maximum atomic E-state index is 6.05. The van der Waals surface area contributed by atoms with Crippen molar-refractivity contribution in [3.8, 4) is 0 Å². The summed E-state index contributed by atoms with van der Waals surface area (Å²) in [5.74, 6) is 0.863. The molecule has 0 aromatic carbocycles. The van der Waals surface area contributed by atoms with Gasteiger partial charge in [-0.25, -0.2) is 0 Å². The molecule has 0 saturated heterocycles. The molecule has 0 heterocycles. The molecule has 84 valence electrons. The van der Waals surface area contributed by atoms with E-state index in [1.165, 1.54) is 25.7 Å². The Bertz CT molecular complexity index is 149. The Morgan fingerprint density at radius 1 is 1.21 bits per heavy atom. The Morgan fingerprint density at radius 3 is 2.64 bits per heavy atom. The summed E-state index contributed by atoms with van der Waals surface area (Å²) in [5.41, 5.74) is 6.05. The van der Waals surface area contributed by atoms with Crippen LogP contribution in [0.3, 0.4) is 0 Å². The minimum Gasteiger partial charge on any atom is -0.377 e. The van der Waals surface area contributed by atoms with Crippen LogP contribution in [0.4, 0.5) is 0 Å². The van der Waals surface area contributed by atoms with Crippen LogP contribution in [0.2, 0.25) is 0 Å². The fraction of sp³-hybridized carbons (Fsp3) is 1.00. The predicted octanol–water partition coefficient (Wildman–Crippen LogP) is 2.71. The minimum absolute atomic E-state index is 0.287. The first-order valence-corrected chi connectivity index (χ1v) is 6.15. The van der Waals surface area contributed by atoms with Gasteiger partial charge in [-0.1, -0.05) is 26.7 Å². The lowest BCUT2D eigenvalue weighted by Crippen LogP contribution is -2.42. The van der Waals surface area contributed by atoms with E-state index in [9.17, 15) is 0 Å². The van der Waals surface area contributed by atoms with E-state index in [0.717, 1.165) is 25.4 Å². The molecule has 0 aromatic heterocycles. The summed E-state index contributed by atoms with van der Waals surface area (Å²) < 4.78 is 5.80. The highest BCUT2D eigenvalue weighted by Crippen LogP contribution is 2.28. The van der Waals surface area contributed by atoms with Crippen molar-refractivity contribution in [2.45, 2.75) is 64.5 Å². The predicted molar refractivity (Wildman–Crippen MR) is 60.3 cm³/mol. The van der Waals surface area contributed by atoms with E-state index in [1.807, 2.05) is 0 Å². The molecular weight excluding hydrogens is 174 g/mol. The molecule has 2 N–H and O–H groups in total. The van der Waals surface area contributed by atoms with Crippen LogP contribution >= 0.6 is 0 Å². The van der Waals surface area contributed by atoms with Crippen molar-refractivity contribution >= 4 is 0 Å². The maximum Gasteiger partial charge on any atom is 0.0728 e. The first-order chi connectivity index (χ1) is 6.77. The van der Waals surface area contributed by atoms with Gasteiger partial charge in [0.25, 0.3) is 0 Å². The van der Waals surface area contributed by atoms with Crippen molar-refractivity contribution in [3.63, 3.8) is 0 Å². The zero-order chi connectivity index (χ0) is 10.4. The largest absolute Gasteiger partial charge is 0.377 e. The number of ether oxygens (including phenoxy) is 1. The van der Waals surface area contributed by atoms with E-state index in [1.54, 1.807) is 0 Å². The first kappa shape index (κ1) is 12.0. The van der Waals surface area contributed by atoms with Crippen LogP contribution in [-0.2, 0) is 4.74 Å². The lowest BCUT2D eigenvalue weighted by Gasteiger charge is -2.33. The fourth-order valence-electron chi connectivity index (χ4n) is 2.37. The molecule has 2 heteroatoms. The molecule has 14 heavy (non-hydrogen) atoms. The molecule has 0 spiro atoms. The number of nitrogens with two attached hydrogens (primary N) is 1. The van der Waals surface area contributed by atoms with Gasteiger partial charge in [-0.05, 0) is 31.6 Å². The third kappa shape index (κ3) is 3.58. The third-order valence-electron chi connectivity index (χ3n) is 3.18. The molecule has 1 aliphatic carbocycles. The standard InChI is InChI=1S/C12H25NO/c1-3-5-10-6-7-11(13)12(9-10)14-8-4-2/h10-12H,3-9,13H2,1-2H3. The van der Waals surface area contributed by atoms with Crippen molar-refractivity contribution in [2.24, 2.45) is 11.7 Å². The summed E-state index contributed by atoms with van der Waals surface area (Å²) in [7, 11) is 0. The van der Waals surface area contributed by atoms with Crippen LogP contribution in [0, 0.1) is 5.92 Å². The molecule has 0 aromatic rings. The molecule has 1 rings (SSSR count). The smallest absolute Gasteiger partial charge is 0.0728 e. The summed E-state index contributed by atoms with van der Waals surface area (Å²) in [5, 5.41) is 0. The van der Waals surface area contributed by atoms with E-state index in [0.29, 0.717) is 6.10 Å². The van der Waals surface area contributed by atoms with Crippen molar-refractivity contribution < 1.29 is 4.74 Å². The van der Waals surface area contributed by atoms with E-state index in [4.69, 9.17) is 10.5 Å². The number of hydrogen-bond donors (Lipinski definition) is 1. The van der Waals surface area contributed by atoms with E-state index in [2.05, 4.69) is 13.8 Å². The number of hydrogen-bond acceptors (Lipinski definition) is 2. The Morgan fingerprint density at radius 2 is 2.00 bits per heavy atom. The highest BCUT2D eigenvalue weighted by molar-refractivity contribution is 4.83. The van der Waals surface area contributed by atoms with Gasteiger partial charge in [0.15, 0.2) is 0 Å². The third-order valence-corrected chi connectivity index (χ3v) is 3.18. The Balaban J connectivity index is 2.30.